The fourth-order valence-corrected chi connectivity index (χ4v) is 1.66. The minimum atomic E-state index is -1.03. The van der Waals surface area contributed by atoms with Crippen LogP contribution in [0.2, 0.25) is 0 Å². The molecule has 0 atom stereocenters. The number of carbonyl (C=O) groups excluding carboxylic acids is 1. The van der Waals surface area contributed by atoms with E-state index in [2.05, 4.69) is 5.32 Å². The van der Waals surface area contributed by atoms with E-state index in [0.717, 1.165) is 5.56 Å². The van der Waals surface area contributed by atoms with Crippen LogP contribution < -0.4 is 14.8 Å². The van der Waals surface area contributed by atoms with Gasteiger partial charge in [-0.2, -0.15) is 0 Å². The molecule has 0 spiro atoms. The van der Waals surface area contributed by atoms with Crippen LogP contribution in [0.25, 0.3) is 6.08 Å². The van der Waals surface area contributed by atoms with Crippen LogP contribution in [0.5, 0.6) is 11.5 Å². The third-order valence-electron chi connectivity index (χ3n) is 2.95. The molecular weight excluding hydrogens is 262 g/mol. The van der Waals surface area contributed by atoms with Crippen molar-refractivity contribution in [2.75, 3.05) is 20.0 Å². The molecule has 20 heavy (non-hydrogen) atoms. The molecule has 3 N–H and O–H groups in total. The van der Waals surface area contributed by atoms with Crippen LogP contribution in [0.1, 0.15) is 12.5 Å². The van der Waals surface area contributed by atoms with Gasteiger partial charge in [-0.1, -0.05) is 6.07 Å². The molecule has 1 aromatic carbocycles. The van der Waals surface area contributed by atoms with E-state index in [-0.39, 0.29) is 20.0 Å². The van der Waals surface area contributed by atoms with Gasteiger partial charge in [0.25, 0.3) is 0 Å². The Balaban J connectivity index is 2.00. The SMILES string of the molecule is CC(CO)(CO)NC(=O)/C=C/c1ccc2c(c1)OCO2. The normalized spacial score (nSPS) is 13.8. The van der Waals surface area contributed by atoms with Crippen LogP contribution in [-0.4, -0.2) is 41.7 Å². The summed E-state index contributed by atoms with van der Waals surface area (Å²) in [6, 6.07) is 5.34. The number of benzene rings is 1. The van der Waals surface area contributed by atoms with Crippen molar-refractivity contribution in [3.63, 3.8) is 0 Å². The molecule has 0 unspecified atom stereocenters. The fourth-order valence-electron chi connectivity index (χ4n) is 1.66. The lowest BCUT2D eigenvalue weighted by atomic mass is 10.1. The Morgan fingerprint density at radius 3 is 2.75 bits per heavy atom. The van der Waals surface area contributed by atoms with Crippen molar-refractivity contribution in [2.45, 2.75) is 12.5 Å². The number of hydrogen-bond acceptors (Lipinski definition) is 5. The van der Waals surface area contributed by atoms with Gasteiger partial charge in [-0.25, -0.2) is 0 Å². The van der Waals surface area contributed by atoms with Gasteiger partial charge < -0.3 is 25.0 Å². The van der Waals surface area contributed by atoms with Crippen molar-refractivity contribution in [3.05, 3.63) is 29.8 Å². The Morgan fingerprint density at radius 1 is 1.35 bits per heavy atom. The van der Waals surface area contributed by atoms with Gasteiger partial charge in [-0.3, -0.25) is 4.79 Å². The van der Waals surface area contributed by atoms with E-state index in [0.29, 0.717) is 11.5 Å². The van der Waals surface area contributed by atoms with Crippen molar-refractivity contribution in [2.24, 2.45) is 0 Å². The topological polar surface area (TPSA) is 88.0 Å². The van der Waals surface area contributed by atoms with E-state index in [9.17, 15) is 4.79 Å². The maximum Gasteiger partial charge on any atom is 0.244 e. The molecule has 0 saturated heterocycles. The van der Waals surface area contributed by atoms with Crippen molar-refractivity contribution in [3.8, 4) is 11.5 Å². The number of amides is 1. The molecule has 2 rings (SSSR count). The average molecular weight is 279 g/mol. The smallest absolute Gasteiger partial charge is 0.244 e. The Hall–Kier alpha value is -2.05. The fraction of sp³-hybridized carbons (Fsp3) is 0.357. The van der Waals surface area contributed by atoms with Crippen LogP contribution in [0.4, 0.5) is 0 Å². The number of carbonyl (C=O) groups is 1. The molecule has 1 heterocycles. The highest BCUT2D eigenvalue weighted by atomic mass is 16.7. The van der Waals surface area contributed by atoms with Crippen LogP contribution in [0.15, 0.2) is 24.3 Å². The second kappa shape index (κ2) is 5.94. The van der Waals surface area contributed by atoms with Gasteiger partial charge >= 0.3 is 0 Å². The van der Waals surface area contributed by atoms with E-state index in [1.54, 1.807) is 31.2 Å². The largest absolute Gasteiger partial charge is 0.454 e. The summed E-state index contributed by atoms with van der Waals surface area (Å²) >= 11 is 0. The zero-order valence-electron chi connectivity index (χ0n) is 11.1. The lowest BCUT2D eigenvalue weighted by molar-refractivity contribution is -0.119. The van der Waals surface area contributed by atoms with Crippen molar-refractivity contribution >= 4 is 12.0 Å². The van der Waals surface area contributed by atoms with E-state index in [1.807, 2.05) is 0 Å². The van der Waals surface area contributed by atoms with Gasteiger partial charge in [-0.15, -0.1) is 0 Å². The van der Waals surface area contributed by atoms with Gasteiger partial charge in [0.05, 0.1) is 18.8 Å². The molecule has 1 aromatic rings. The summed E-state index contributed by atoms with van der Waals surface area (Å²) in [7, 11) is 0. The second-order valence-corrected chi connectivity index (χ2v) is 4.81. The minimum absolute atomic E-state index is 0.203. The van der Waals surface area contributed by atoms with Crippen LogP contribution >= 0.6 is 0 Å². The molecule has 0 radical (unpaired) electrons. The number of aliphatic hydroxyl groups is 2. The van der Waals surface area contributed by atoms with E-state index in [1.165, 1.54) is 6.08 Å². The number of nitrogens with one attached hydrogen (secondary N) is 1. The number of hydrogen-bond donors (Lipinski definition) is 3. The summed E-state index contributed by atoms with van der Waals surface area (Å²) in [5, 5.41) is 20.7. The number of fused-ring (bicyclic) bond motifs is 1. The van der Waals surface area contributed by atoms with Gasteiger partial charge in [0, 0.05) is 6.08 Å². The molecule has 6 nitrogen and oxygen atoms in total. The maximum atomic E-state index is 11.7. The van der Waals surface area contributed by atoms with Gasteiger partial charge in [0.2, 0.25) is 12.7 Å². The van der Waals surface area contributed by atoms with Gasteiger partial charge in [0.15, 0.2) is 11.5 Å². The van der Waals surface area contributed by atoms with Crippen LogP contribution in [0, 0.1) is 0 Å². The van der Waals surface area contributed by atoms with E-state index in [4.69, 9.17) is 19.7 Å². The van der Waals surface area contributed by atoms with Crippen LogP contribution in [-0.2, 0) is 4.79 Å². The molecule has 1 aliphatic heterocycles. The first kappa shape index (κ1) is 14.4. The van der Waals surface area contributed by atoms with E-state index < -0.39 is 11.4 Å². The third kappa shape index (κ3) is 3.28. The summed E-state index contributed by atoms with van der Waals surface area (Å²) in [5.74, 6) is 0.927. The molecule has 1 amide bonds. The summed E-state index contributed by atoms with van der Waals surface area (Å²) < 4.78 is 10.4. The maximum absolute atomic E-state index is 11.7. The van der Waals surface area contributed by atoms with Crippen molar-refractivity contribution < 1.29 is 24.5 Å². The highest BCUT2D eigenvalue weighted by molar-refractivity contribution is 5.92. The third-order valence-corrected chi connectivity index (χ3v) is 2.95. The molecular formula is C14H17NO5. The summed E-state index contributed by atoms with van der Waals surface area (Å²) in [6.07, 6.45) is 2.95. The molecule has 0 aliphatic carbocycles. The number of ether oxygens (including phenoxy) is 2. The predicted octanol–water partition coefficient (Wildman–Crippen LogP) is 0.288. The lowest BCUT2D eigenvalue weighted by Gasteiger charge is -2.25. The van der Waals surface area contributed by atoms with Gasteiger partial charge in [0.1, 0.15) is 0 Å². The molecule has 108 valence electrons. The first-order valence-corrected chi connectivity index (χ1v) is 6.18. The molecule has 6 heteroatoms. The van der Waals surface area contributed by atoms with Gasteiger partial charge in [-0.05, 0) is 30.7 Å². The Kier molecular flexibility index (Phi) is 4.26. The molecule has 0 saturated carbocycles. The van der Waals surface area contributed by atoms with Crippen molar-refractivity contribution in [1.29, 1.82) is 0 Å². The summed E-state index contributed by atoms with van der Waals surface area (Å²) in [4.78, 5) is 11.7. The highest BCUT2D eigenvalue weighted by Crippen LogP contribution is 2.32. The van der Waals surface area contributed by atoms with Crippen LogP contribution in [0.3, 0.4) is 0 Å². The molecule has 0 bridgehead atoms. The zero-order chi connectivity index (χ0) is 14.6. The lowest BCUT2D eigenvalue weighted by Crippen LogP contribution is -2.51. The quantitative estimate of drug-likeness (QED) is 0.674. The number of rotatable bonds is 5. The Bertz CT molecular complexity index is 522. The molecule has 1 aliphatic rings. The molecule has 0 fully saturated rings. The molecule has 0 aromatic heterocycles. The monoisotopic (exact) mass is 279 g/mol. The predicted molar refractivity (Wildman–Crippen MR) is 72.3 cm³/mol. The standard InChI is InChI=1S/C14H17NO5/c1-14(7-16,8-17)15-13(18)5-3-10-2-4-11-12(6-10)20-9-19-11/h2-6,16-17H,7-9H2,1H3,(H,15,18)/b5-3+. The first-order valence-electron chi connectivity index (χ1n) is 6.18. The Morgan fingerprint density at radius 2 is 2.05 bits per heavy atom. The highest BCUT2D eigenvalue weighted by Gasteiger charge is 2.23. The number of aliphatic hydroxyl groups excluding tert-OH is 2. The Labute approximate surface area is 116 Å². The minimum Gasteiger partial charge on any atom is -0.454 e. The zero-order valence-corrected chi connectivity index (χ0v) is 11.1. The van der Waals surface area contributed by atoms with E-state index >= 15 is 0 Å². The summed E-state index contributed by atoms with van der Waals surface area (Å²) in [5.41, 5.74) is -0.241. The second-order valence-electron chi connectivity index (χ2n) is 4.81. The average Bonchev–Trinajstić information content (AvgIpc) is 2.92. The van der Waals surface area contributed by atoms with Crippen molar-refractivity contribution in [1.82, 2.24) is 5.32 Å². The first-order chi connectivity index (χ1) is 9.56. The summed E-state index contributed by atoms with van der Waals surface area (Å²) in [6.45, 7) is 1.08.